The lowest BCUT2D eigenvalue weighted by atomic mass is 10.1. The van der Waals surface area contributed by atoms with Crippen molar-refractivity contribution in [1.82, 2.24) is 4.90 Å². The van der Waals surface area contributed by atoms with Gasteiger partial charge in [0.15, 0.2) is 0 Å². The highest BCUT2D eigenvalue weighted by atomic mass is 32.2. The van der Waals surface area contributed by atoms with Crippen molar-refractivity contribution in [3.8, 4) is 5.75 Å². The van der Waals surface area contributed by atoms with Crippen molar-refractivity contribution in [2.24, 2.45) is 0 Å². The van der Waals surface area contributed by atoms with Crippen LogP contribution in [0.15, 0.2) is 71.6 Å². The molecular weight excluding hydrogens is 426 g/mol. The molecule has 0 heterocycles. The number of carbonyl (C=O) groups is 1. The number of sulfonamides is 1. The number of ether oxygens (including phenoxy) is 1. The summed E-state index contributed by atoms with van der Waals surface area (Å²) in [4.78, 5) is 13.4. The summed E-state index contributed by atoms with van der Waals surface area (Å²) in [6.07, 6.45) is 0. The van der Waals surface area contributed by atoms with E-state index in [1.807, 2.05) is 0 Å². The molecule has 9 heteroatoms. The molecule has 0 saturated heterocycles. The van der Waals surface area contributed by atoms with E-state index in [4.69, 9.17) is 4.74 Å². The molecular formula is C22H20F2N2O4S. The molecule has 0 radical (unpaired) electrons. The molecule has 31 heavy (non-hydrogen) atoms. The Morgan fingerprint density at radius 2 is 1.65 bits per heavy atom. The van der Waals surface area contributed by atoms with Crippen molar-refractivity contribution in [1.29, 1.82) is 0 Å². The predicted octanol–water partition coefficient (Wildman–Crippen LogP) is 4.05. The second-order valence-corrected chi connectivity index (χ2v) is 8.42. The van der Waals surface area contributed by atoms with Crippen molar-refractivity contribution in [2.45, 2.75) is 11.4 Å². The topological polar surface area (TPSA) is 75.7 Å². The monoisotopic (exact) mass is 446 g/mol. The minimum Gasteiger partial charge on any atom is -0.497 e. The first-order valence-corrected chi connectivity index (χ1v) is 10.6. The third-order valence-electron chi connectivity index (χ3n) is 4.49. The first-order valence-electron chi connectivity index (χ1n) is 9.16. The van der Waals surface area contributed by atoms with Crippen LogP contribution in [-0.2, 0) is 16.6 Å². The van der Waals surface area contributed by atoms with E-state index in [0.717, 1.165) is 12.1 Å². The fraction of sp³-hybridized carbons (Fsp3) is 0.136. The Morgan fingerprint density at radius 3 is 2.26 bits per heavy atom. The summed E-state index contributed by atoms with van der Waals surface area (Å²) in [5.74, 6) is -1.36. The maximum absolute atomic E-state index is 14.3. The molecule has 0 atom stereocenters. The van der Waals surface area contributed by atoms with Crippen LogP contribution in [-0.4, -0.2) is 33.4 Å². The molecule has 0 aliphatic rings. The van der Waals surface area contributed by atoms with Crippen molar-refractivity contribution in [2.75, 3.05) is 18.9 Å². The Morgan fingerprint density at radius 1 is 1.00 bits per heavy atom. The minimum absolute atomic E-state index is 0.00103. The van der Waals surface area contributed by atoms with Gasteiger partial charge in [0.05, 0.1) is 7.11 Å². The van der Waals surface area contributed by atoms with Crippen LogP contribution in [0.4, 0.5) is 14.5 Å². The number of benzene rings is 3. The van der Waals surface area contributed by atoms with E-state index in [2.05, 4.69) is 4.72 Å². The maximum atomic E-state index is 14.3. The third kappa shape index (κ3) is 5.37. The Kier molecular flexibility index (Phi) is 6.55. The zero-order valence-electron chi connectivity index (χ0n) is 16.8. The van der Waals surface area contributed by atoms with Crippen LogP contribution in [0.5, 0.6) is 5.75 Å². The lowest BCUT2D eigenvalue weighted by Gasteiger charge is -2.18. The van der Waals surface area contributed by atoms with E-state index < -0.39 is 32.5 Å². The fourth-order valence-corrected chi connectivity index (χ4v) is 4.03. The van der Waals surface area contributed by atoms with Crippen LogP contribution in [0.1, 0.15) is 15.9 Å². The van der Waals surface area contributed by atoms with Gasteiger partial charge in [-0.1, -0.05) is 12.1 Å². The predicted molar refractivity (Wildman–Crippen MR) is 112 cm³/mol. The van der Waals surface area contributed by atoms with E-state index in [1.54, 1.807) is 24.3 Å². The van der Waals surface area contributed by atoms with Crippen molar-refractivity contribution >= 4 is 21.6 Å². The summed E-state index contributed by atoms with van der Waals surface area (Å²) in [6.45, 7) is 0.169. The van der Waals surface area contributed by atoms with E-state index in [-0.39, 0.29) is 17.8 Å². The SMILES string of the molecule is COc1ccc(NS(=O)(=O)c2cc(C(=O)N(C)Cc3ccc(F)cc3)ccc2F)cc1. The second-order valence-electron chi connectivity index (χ2n) is 6.77. The first-order chi connectivity index (χ1) is 14.7. The van der Waals surface area contributed by atoms with Crippen LogP contribution >= 0.6 is 0 Å². The molecule has 0 aromatic heterocycles. The Hall–Kier alpha value is -3.46. The molecule has 162 valence electrons. The highest BCUT2D eigenvalue weighted by Crippen LogP contribution is 2.23. The lowest BCUT2D eigenvalue weighted by Crippen LogP contribution is -2.26. The molecule has 0 saturated carbocycles. The number of anilines is 1. The average molecular weight is 446 g/mol. The molecule has 0 aliphatic heterocycles. The molecule has 6 nitrogen and oxygen atoms in total. The number of halogens is 2. The molecule has 3 aromatic carbocycles. The smallest absolute Gasteiger partial charge is 0.264 e. The van der Waals surface area contributed by atoms with Gasteiger partial charge < -0.3 is 9.64 Å². The van der Waals surface area contributed by atoms with Gasteiger partial charge in [0, 0.05) is 24.8 Å². The van der Waals surface area contributed by atoms with Gasteiger partial charge in [-0.3, -0.25) is 9.52 Å². The average Bonchev–Trinajstić information content (AvgIpc) is 2.75. The van der Waals surface area contributed by atoms with Crippen molar-refractivity contribution in [3.63, 3.8) is 0 Å². The molecule has 1 N–H and O–H groups in total. The second kappa shape index (κ2) is 9.13. The molecule has 0 fully saturated rings. The lowest BCUT2D eigenvalue weighted by molar-refractivity contribution is 0.0784. The van der Waals surface area contributed by atoms with Crippen molar-refractivity contribution < 1.29 is 26.7 Å². The molecule has 0 spiro atoms. The van der Waals surface area contributed by atoms with Gasteiger partial charge in [0.2, 0.25) is 0 Å². The van der Waals surface area contributed by atoms with Gasteiger partial charge in [-0.2, -0.15) is 0 Å². The number of nitrogens with zero attached hydrogens (tertiary/aromatic N) is 1. The Labute approximate surface area is 179 Å². The summed E-state index contributed by atoms with van der Waals surface area (Å²) in [5.41, 5.74) is 0.903. The van der Waals surface area contributed by atoms with Crippen molar-refractivity contribution in [3.05, 3.63) is 89.5 Å². The van der Waals surface area contributed by atoms with Crippen LogP contribution in [0.25, 0.3) is 0 Å². The van der Waals surface area contributed by atoms with Crippen LogP contribution in [0, 0.1) is 11.6 Å². The van der Waals surface area contributed by atoms with Gasteiger partial charge in [0.25, 0.3) is 15.9 Å². The standard InChI is InChI=1S/C22H20F2N2O4S/c1-26(14-15-3-6-17(23)7-4-15)22(27)16-5-12-20(24)21(13-16)31(28,29)25-18-8-10-19(30-2)11-9-18/h3-13,25H,14H2,1-2H3. The number of amides is 1. The number of nitrogens with one attached hydrogen (secondary N) is 1. The minimum atomic E-state index is -4.29. The van der Waals surface area contributed by atoms with Gasteiger partial charge >= 0.3 is 0 Å². The van der Waals surface area contributed by atoms with Crippen LogP contribution < -0.4 is 9.46 Å². The number of carbonyl (C=O) groups excluding carboxylic acids is 1. The van der Waals surface area contributed by atoms with E-state index >= 15 is 0 Å². The van der Waals surface area contributed by atoms with Gasteiger partial charge in [-0.05, 0) is 60.2 Å². The zero-order valence-corrected chi connectivity index (χ0v) is 17.6. The first kappa shape index (κ1) is 22.2. The highest BCUT2D eigenvalue weighted by Gasteiger charge is 2.23. The van der Waals surface area contributed by atoms with E-state index in [0.29, 0.717) is 11.3 Å². The number of hydrogen-bond acceptors (Lipinski definition) is 4. The number of hydrogen-bond donors (Lipinski definition) is 1. The number of rotatable bonds is 7. The Bertz CT molecular complexity index is 1180. The zero-order chi connectivity index (χ0) is 22.6. The van der Waals surface area contributed by atoms with Gasteiger partial charge in [0.1, 0.15) is 22.3 Å². The molecule has 0 unspecified atom stereocenters. The summed E-state index contributed by atoms with van der Waals surface area (Å²) < 4.78 is 60.1. The molecule has 0 aliphatic carbocycles. The number of methoxy groups -OCH3 is 1. The van der Waals surface area contributed by atoms with Gasteiger partial charge in [-0.25, -0.2) is 17.2 Å². The molecule has 3 rings (SSSR count). The van der Waals surface area contributed by atoms with E-state index in [1.165, 1.54) is 49.4 Å². The highest BCUT2D eigenvalue weighted by molar-refractivity contribution is 7.92. The van der Waals surface area contributed by atoms with Crippen LogP contribution in [0.3, 0.4) is 0 Å². The van der Waals surface area contributed by atoms with Crippen LogP contribution in [0.2, 0.25) is 0 Å². The Balaban J connectivity index is 1.82. The molecule has 0 bridgehead atoms. The molecule has 1 amide bonds. The maximum Gasteiger partial charge on any atom is 0.264 e. The summed E-state index contributed by atoms with van der Waals surface area (Å²) in [5, 5.41) is 0. The summed E-state index contributed by atoms with van der Waals surface area (Å²) in [7, 11) is -1.30. The summed E-state index contributed by atoms with van der Waals surface area (Å²) in [6, 6.07) is 14.8. The molecule has 3 aromatic rings. The quantitative estimate of drug-likeness (QED) is 0.594. The van der Waals surface area contributed by atoms with E-state index in [9.17, 15) is 22.0 Å². The normalized spacial score (nSPS) is 11.1. The fourth-order valence-electron chi connectivity index (χ4n) is 2.87. The third-order valence-corrected chi connectivity index (χ3v) is 5.89. The van der Waals surface area contributed by atoms with Gasteiger partial charge in [-0.15, -0.1) is 0 Å². The summed E-state index contributed by atoms with van der Waals surface area (Å²) >= 11 is 0. The largest absolute Gasteiger partial charge is 0.497 e.